The zero-order chi connectivity index (χ0) is 21.6. The summed E-state index contributed by atoms with van der Waals surface area (Å²) in [6, 6.07) is 17.1. The standard InChI is InChI=1S/C25H27NO4/c1-25(2,3)19-12-9-18(10-13-19)11-14-21-15-16-22(27)23(30-21)17-29-24(28)26-20-7-5-4-6-8-20/h4-10,12-13,15-16,21-23,27H,17H2,1-3H3,(H,26,28)/t21-,22-,23-/m1/s1. The van der Waals surface area contributed by atoms with Gasteiger partial charge < -0.3 is 14.6 Å². The Morgan fingerprint density at radius 2 is 1.80 bits per heavy atom. The van der Waals surface area contributed by atoms with Crippen molar-refractivity contribution in [3.63, 3.8) is 0 Å². The summed E-state index contributed by atoms with van der Waals surface area (Å²) in [5, 5.41) is 12.7. The molecule has 1 heterocycles. The molecule has 5 nitrogen and oxygen atoms in total. The Hall–Kier alpha value is -3.07. The fourth-order valence-electron chi connectivity index (χ4n) is 2.91. The van der Waals surface area contributed by atoms with Gasteiger partial charge in [0.05, 0.1) is 0 Å². The Morgan fingerprint density at radius 3 is 2.47 bits per heavy atom. The minimum absolute atomic E-state index is 0.0807. The molecular formula is C25H27NO4. The van der Waals surface area contributed by atoms with Gasteiger partial charge in [0.25, 0.3) is 0 Å². The van der Waals surface area contributed by atoms with Crippen molar-refractivity contribution < 1.29 is 19.4 Å². The lowest BCUT2D eigenvalue weighted by Crippen LogP contribution is -2.39. The van der Waals surface area contributed by atoms with E-state index in [4.69, 9.17) is 9.47 Å². The molecule has 0 unspecified atom stereocenters. The van der Waals surface area contributed by atoms with Crippen molar-refractivity contribution in [3.05, 3.63) is 77.9 Å². The number of carbonyl (C=O) groups is 1. The molecule has 2 aromatic rings. The average Bonchev–Trinajstić information content (AvgIpc) is 2.72. The van der Waals surface area contributed by atoms with E-state index in [1.807, 2.05) is 30.3 Å². The van der Waals surface area contributed by atoms with Gasteiger partial charge in [-0.3, -0.25) is 5.32 Å². The number of nitrogens with one attached hydrogen (secondary N) is 1. The molecule has 1 aliphatic heterocycles. The summed E-state index contributed by atoms with van der Waals surface area (Å²) >= 11 is 0. The van der Waals surface area contributed by atoms with Gasteiger partial charge >= 0.3 is 6.09 Å². The van der Waals surface area contributed by atoms with Crippen LogP contribution < -0.4 is 5.32 Å². The van der Waals surface area contributed by atoms with E-state index in [9.17, 15) is 9.90 Å². The van der Waals surface area contributed by atoms with Crippen molar-refractivity contribution in [1.29, 1.82) is 0 Å². The van der Waals surface area contributed by atoms with Crippen LogP contribution in [0.3, 0.4) is 0 Å². The van der Waals surface area contributed by atoms with Gasteiger partial charge in [-0.1, -0.05) is 69.0 Å². The summed E-state index contributed by atoms with van der Waals surface area (Å²) in [6.07, 6.45) is 0.698. The van der Waals surface area contributed by atoms with Crippen molar-refractivity contribution in [2.75, 3.05) is 11.9 Å². The molecule has 0 radical (unpaired) electrons. The minimum Gasteiger partial charge on any atom is -0.446 e. The fourth-order valence-corrected chi connectivity index (χ4v) is 2.91. The van der Waals surface area contributed by atoms with Gasteiger partial charge in [-0.15, -0.1) is 0 Å². The first-order valence-corrected chi connectivity index (χ1v) is 9.94. The first-order valence-electron chi connectivity index (χ1n) is 9.94. The summed E-state index contributed by atoms with van der Waals surface area (Å²) in [6.45, 7) is 6.43. The molecule has 0 saturated carbocycles. The van der Waals surface area contributed by atoms with E-state index in [1.165, 1.54) is 5.56 Å². The van der Waals surface area contributed by atoms with Gasteiger partial charge in [-0.2, -0.15) is 0 Å². The Balaban J connectivity index is 1.55. The van der Waals surface area contributed by atoms with Crippen LogP contribution in [-0.4, -0.2) is 36.1 Å². The second-order valence-electron chi connectivity index (χ2n) is 8.16. The third kappa shape index (κ3) is 6.21. The Kier molecular flexibility index (Phi) is 6.94. The average molecular weight is 405 g/mol. The molecule has 3 rings (SSSR count). The summed E-state index contributed by atoms with van der Waals surface area (Å²) in [5.41, 5.74) is 2.86. The van der Waals surface area contributed by atoms with Crippen molar-refractivity contribution >= 4 is 11.8 Å². The predicted octanol–water partition coefficient (Wildman–Crippen LogP) is 4.27. The van der Waals surface area contributed by atoms with E-state index in [2.05, 4.69) is 50.1 Å². The van der Waals surface area contributed by atoms with Crippen LogP contribution in [0.2, 0.25) is 0 Å². The Labute approximate surface area is 177 Å². The molecule has 2 N–H and O–H groups in total. The van der Waals surface area contributed by atoms with Crippen LogP contribution in [0.4, 0.5) is 10.5 Å². The lowest BCUT2D eigenvalue weighted by Gasteiger charge is -2.27. The van der Waals surface area contributed by atoms with E-state index in [-0.39, 0.29) is 12.0 Å². The highest BCUT2D eigenvalue weighted by molar-refractivity contribution is 5.84. The number of anilines is 1. The molecule has 3 atom stereocenters. The van der Waals surface area contributed by atoms with E-state index in [0.717, 1.165) is 5.56 Å². The highest BCUT2D eigenvalue weighted by Crippen LogP contribution is 2.22. The molecule has 156 valence electrons. The van der Waals surface area contributed by atoms with Crippen LogP contribution in [0.15, 0.2) is 66.7 Å². The zero-order valence-electron chi connectivity index (χ0n) is 17.5. The van der Waals surface area contributed by atoms with E-state index >= 15 is 0 Å². The molecule has 0 aromatic heterocycles. The van der Waals surface area contributed by atoms with E-state index in [0.29, 0.717) is 5.69 Å². The summed E-state index contributed by atoms with van der Waals surface area (Å²) in [5.74, 6) is 6.15. The molecule has 0 bridgehead atoms. The van der Waals surface area contributed by atoms with Crippen LogP contribution in [0.5, 0.6) is 0 Å². The number of hydrogen-bond acceptors (Lipinski definition) is 4. The number of rotatable bonds is 3. The van der Waals surface area contributed by atoms with Gasteiger partial charge in [-0.05, 0) is 41.3 Å². The number of amides is 1. The highest BCUT2D eigenvalue weighted by atomic mass is 16.6. The van der Waals surface area contributed by atoms with Gasteiger partial charge in [0, 0.05) is 11.3 Å². The monoisotopic (exact) mass is 405 g/mol. The summed E-state index contributed by atoms with van der Waals surface area (Å²) < 4.78 is 11.0. The van der Waals surface area contributed by atoms with Crippen LogP contribution in [0.25, 0.3) is 0 Å². The maximum Gasteiger partial charge on any atom is 0.411 e. The third-order valence-electron chi connectivity index (χ3n) is 4.69. The number of para-hydroxylation sites is 1. The number of benzene rings is 2. The molecule has 5 heteroatoms. The molecule has 0 fully saturated rings. The molecule has 0 aliphatic carbocycles. The maximum atomic E-state index is 11.9. The van der Waals surface area contributed by atoms with Gasteiger partial charge in [-0.25, -0.2) is 4.79 Å². The number of aliphatic hydroxyl groups excluding tert-OH is 1. The summed E-state index contributed by atoms with van der Waals surface area (Å²) in [7, 11) is 0. The van der Waals surface area contributed by atoms with Crippen molar-refractivity contribution in [3.8, 4) is 11.8 Å². The van der Waals surface area contributed by atoms with Crippen LogP contribution in [0.1, 0.15) is 31.9 Å². The van der Waals surface area contributed by atoms with Crippen LogP contribution in [-0.2, 0) is 14.9 Å². The van der Waals surface area contributed by atoms with Crippen molar-refractivity contribution in [1.82, 2.24) is 0 Å². The SMILES string of the molecule is CC(C)(C)c1ccc(C#C[C@@H]2C=C[C@@H](O)[C@@H](COC(=O)Nc3ccccc3)O2)cc1. The second kappa shape index (κ2) is 9.62. The lowest BCUT2D eigenvalue weighted by molar-refractivity contribution is -0.0641. The largest absolute Gasteiger partial charge is 0.446 e. The number of hydrogen-bond donors (Lipinski definition) is 2. The molecule has 0 saturated heterocycles. The van der Waals surface area contributed by atoms with Crippen molar-refractivity contribution in [2.45, 2.75) is 44.5 Å². The minimum atomic E-state index is -0.862. The van der Waals surface area contributed by atoms with Gasteiger partial charge in [0.1, 0.15) is 24.9 Å². The topological polar surface area (TPSA) is 67.8 Å². The normalized spacial score (nSPS) is 20.7. The lowest BCUT2D eigenvalue weighted by atomic mass is 9.87. The highest BCUT2D eigenvalue weighted by Gasteiger charge is 2.26. The van der Waals surface area contributed by atoms with Crippen molar-refractivity contribution in [2.24, 2.45) is 0 Å². The molecule has 30 heavy (non-hydrogen) atoms. The molecule has 1 aliphatic rings. The first-order chi connectivity index (χ1) is 14.3. The van der Waals surface area contributed by atoms with E-state index < -0.39 is 24.4 Å². The zero-order valence-corrected chi connectivity index (χ0v) is 17.5. The van der Waals surface area contributed by atoms with Crippen LogP contribution >= 0.6 is 0 Å². The Morgan fingerprint density at radius 1 is 1.10 bits per heavy atom. The molecule has 2 aromatic carbocycles. The van der Waals surface area contributed by atoms with E-state index in [1.54, 1.807) is 24.3 Å². The number of aliphatic hydroxyl groups is 1. The quantitative estimate of drug-likeness (QED) is 0.591. The first kappa shape index (κ1) is 21.6. The number of ether oxygens (including phenoxy) is 2. The maximum absolute atomic E-state index is 11.9. The smallest absolute Gasteiger partial charge is 0.411 e. The molecule has 0 spiro atoms. The molecular weight excluding hydrogens is 378 g/mol. The predicted molar refractivity (Wildman–Crippen MR) is 117 cm³/mol. The second-order valence-corrected chi connectivity index (χ2v) is 8.16. The van der Waals surface area contributed by atoms with Gasteiger partial charge in [0.2, 0.25) is 0 Å². The third-order valence-corrected chi connectivity index (χ3v) is 4.69. The van der Waals surface area contributed by atoms with Crippen LogP contribution in [0, 0.1) is 11.8 Å². The van der Waals surface area contributed by atoms with Gasteiger partial charge in [0.15, 0.2) is 0 Å². The summed E-state index contributed by atoms with van der Waals surface area (Å²) in [4.78, 5) is 11.9. The Bertz CT molecular complexity index is 933. The fraction of sp³-hybridized carbons (Fsp3) is 0.320. The molecule has 1 amide bonds. The number of carbonyl (C=O) groups excluding carboxylic acids is 1.